The van der Waals surface area contributed by atoms with E-state index in [1.54, 1.807) is 18.2 Å². The summed E-state index contributed by atoms with van der Waals surface area (Å²) in [6, 6.07) is 4.45. The molecule has 0 atom stereocenters. The molecular weight excluding hydrogens is 540 g/mol. The summed E-state index contributed by atoms with van der Waals surface area (Å²) in [6.07, 6.45) is 7.74. The highest BCUT2D eigenvalue weighted by Crippen LogP contribution is 2.40. The monoisotopic (exact) mass is 577 g/mol. The van der Waals surface area contributed by atoms with E-state index in [1.807, 2.05) is 10.0 Å². The van der Waals surface area contributed by atoms with Crippen LogP contribution in [0.4, 0.5) is 9.18 Å². The molecule has 5 rings (SSSR count). The lowest BCUT2D eigenvalue weighted by atomic mass is 10.0. The van der Waals surface area contributed by atoms with Crippen molar-refractivity contribution in [3.8, 4) is 5.75 Å². The summed E-state index contributed by atoms with van der Waals surface area (Å²) < 4.78 is 32.4. The van der Waals surface area contributed by atoms with Crippen molar-refractivity contribution in [1.82, 2.24) is 19.8 Å². The Bertz CT molecular complexity index is 1210. The lowest BCUT2D eigenvalue weighted by molar-refractivity contribution is -0.113. The molecule has 0 radical (unpaired) electrons. The van der Waals surface area contributed by atoms with Crippen molar-refractivity contribution in [1.29, 1.82) is 0 Å². The van der Waals surface area contributed by atoms with Crippen LogP contribution in [0.25, 0.3) is 6.08 Å². The third kappa shape index (κ3) is 7.12. The third-order valence-corrected chi connectivity index (χ3v) is 9.55. The number of carbonyl (C=O) groups excluding carboxylic acids is 2. The van der Waals surface area contributed by atoms with Crippen LogP contribution in [0.15, 0.2) is 28.1 Å². The number of halogens is 1. The first-order valence-electron chi connectivity index (χ1n) is 13.8. The number of amides is 2. The predicted octanol–water partition coefficient (Wildman–Crippen LogP) is 4.75. The third-order valence-electron chi connectivity index (χ3n) is 7.55. The molecule has 3 fully saturated rings. The molecule has 212 valence electrons. The molecule has 12 heteroatoms. The molecule has 4 heterocycles. The van der Waals surface area contributed by atoms with E-state index in [0.29, 0.717) is 47.6 Å². The highest BCUT2D eigenvalue weighted by Gasteiger charge is 2.33. The second-order valence-electron chi connectivity index (χ2n) is 11.1. The van der Waals surface area contributed by atoms with Crippen LogP contribution in [0.2, 0.25) is 0 Å². The highest BCUT2D eigenvalue weighted by molar-refractivity contribution is 8.18. The van der Waals surface area contributed by atoms with Crippen LogP contribution in [-0.4, -0.2) is 102 Å². The molecule has 4 aliphatic rings. The summed E-state index contributed by atoms with van der Waals surface area (Å²) in [4.78, 5) is 34.6. The molecule has 0 saturated carbocycles. The minimum absolute atomic E-state index is 0.204. The Kier molecular flexibility index (Phi) is 8.81. The van der Waals surface area contributed by atoms with Crippen LogP contribution in [0.3, 0.4) is 0 Å². The maximum atomic E-state index is 14.2. The maximum absolute atomic E-state index is 14.2. The number of carbonyl (C=O) groups is 2. The normalized spacial score (nSPS) is 23.1. The Morgan fingerprint density at radius 2 is 1.79 bits per heavy atom. The standard InChI is InChI=1S/C27H37FN5O4PS/c1-38(2,36)19-32-13-5-6-14-33(32)26-29-25(34)24(39-26)18-20-17-21(28)7-8-23(20)37-27(35)31-15-9-22(10-16-31)30-11-3-4-12-30/h7-8,17-18,22H,3-6,9-16,19H2,1-2H3/b24-18-. The van der Waals surface area contributed by atoms with Crippen molar-refractivity contribution in [3.05, 3.63) is 34.5 Å². The number of aliphatic imine (C=N–C) groups is 1. The molecule has 3 saturated heterocycles. The van der Waals surface area contributed by atoms with Gasteiger partial charge in [-0.1, -0.05) is 0 Å². The van der Waals surface area contributed by atoms with Gasteiger partial charge in [-0.05, 0) is 101 Å². The van der Waals surface area contributed by atoms with Crippen molar-refractivity contribution in [2.75, 3.05) is 58.9 Å². The molecule has 2 amide bonds. The van der Waals surface area contributed by atoms with E-state index in [-0.39, 0.29) is 5.75 Å². The van der Waals surface area contributed by atoms with Crippen LogP contribution in [0.5, 0.6) is 5.75 Å². The van der Waals surface area contributed by atoms with Gasteiger partial charge in [0, 0.05) is 37.8 Å². The lowest BCUT2D eigenvalue weighted by Crippen LogP contribution is -2.49. The summed E-state index contributed by atoms with van der Waals surface area (Å²) in [5, 5.41) is 4.47. The van der Waals surface area contributed by atoms with Crippen LogP contribution < -0.4 is 4.74 Å². The number of thioether (sulfide) groups is 1. The minimum atomic E-state index is -2.32. The molecule has 1 aromatic rings. The number of benzene rings is 1. The summed E-state index contributed by atoms with van der Waals surface area (Å²) in [6.45, 7) is 8.46. The van der Waals surface area contributed by atoms with E-state index in [4.69, 9.17) is 4.74 Å². The zero-order valence-electron chi connectivity index (χ0n) is 22.7. The number of hydrogen-bond acceptors (Lipinski definition) is 8. The fraction of sp³-hybridized carbons (Fsp3) is 0.593. The zero-order valence-corrected chi connectivity index (χ0v) is 24.4. The van der Waals surface area contributed by atoms with Gasteiger partial charge in [-0.3, -0.25) is 9.80 Å². The van der Waals surface area contributed by atoms with Crippen LogP contribution in [0, 0.1) is 5.82 Å². The maximum Gasteiger partial charge on any atom is 0.415 e. The van der Waals surface area contributed by atoms with Gasteiger partial charge in [-0.15, -0.1) is 0 Å². The average molecular weight is 578 g/mol. The Balaban J connectivity index is 1.26. The largest absolute Gasteiger partial charge is 0.415 e. The quantitative estimate of drug-likeness (QED) is 0.366. The smallest absolute Gasteiger partial charge is 0.410 e. The molecule has 4 aliphatic heterocycles. The van der Waals surface area contributed by atoms with E-state index >= 15 is 0 Å². The number of hydrazine groups is 1. The second-order valence-corrected chi connectivity index (χ2v) is 15.5. The fourth-order valence-electron chi connectivity index (χ4n) is 5.63. The van der Waals surface area contributed by atoms with Crippen LogP contribution >= 0.6 is 18.9 Å². The topological polar surface area (TPSA) is 85.8 Å². The number of hydrogen-bond donors (Lipinski definition) is 0. The van der Waals surface area contributed by atoms with Crippen LogP contribution in [-0.2, 0) is 9.36 Å². The molecule has 0 aromatic heterocycles. The predicted molar refractivity (Wildman–Crippen MR) is 153 cm³/mol. The van der Waals surface area contributed by atoms with Crippen LogP contribution in [0.1, 0.15) is 44.1 Å². The Labute approximate surface area is 233 Å². The zero-order chi connectivity index (χ0) is 27.6. The summed E-state index contributed by atoms with van der Waals surface area (Å²) >= 11 is 1.20. The van der Waals surface area contributed by atoms with Crippen molar-refractivity contribution in [3.63, 3.8) is 0 Å². The molecule has 0 spiro atoms. The van der Waals surface area contributed by atoms with Crippen molar-refractivity contribution in [2.24, 2.45) is 4.99 Å². The first kappa shape index (κ1) is 28.3. The number of piperidine rings is 1. The van der Waals surface area contributed by atoms with Crippen molar-refractivity contribution >= 4 is 42.1 Å². The lowest BCUT2D eigenvalue weighted by Gasteiger charge is -2.40. The Hall–Kier alpha value is -2.20. The highest BCUT2D eigenvalue weighted by atomic mass is 32.2. The van der Waals surface area contributed by atoms with Gasteiger partial charge in [0.2, 0.25) is 0 Å². The fourth-order valence-corrected chi connectivity index (χ4v) is 7.67. The molecule has 9 nitrogen and oxygen atoms in total. The average Bonchev–Trinajstić information content (AvgIpc) is 3.56. The van der Waals surface area contributed by atoms with E-state index < -0.39 is 25.0 Å². The molecule has 1 aromatic carbocycles. The van der Waals surface area contributed by atoms with Crippen molar-refractivity contribution < 1.29 is 23.3 Å². The van der Waals surface area contributed by atoms with Gasteiger partial charge in [0.15, 0.2) is 5.17 Å². The molecule has 0 N–H and O–H groups in total. The van der Waals surface area contributed by atoms with Gasteiger partial charge in [-0.2, -0.15) is 4.99 Å². The van der Waals surface area contributed by atoms with Gasteiger partial charge in [0.1, 0.15) is 11.6 Å². The Morgan fingerprint density at radius 3 is 2.51 bits per heavy atom. The minimum Gasteiger partial charge on any atom is -0.410 e. The number of likely N-dealkylation sites (tertiary alicyclic amines) is 2. The van der Waals surface area contributed by atoms with Crippen molar-refractivity contribution in [2.45, 2.75) is 44.6 Å². The van der Waals surface area contributed by atoms with E-state index in [0.717, 1.165) is 45.3 Å². The molecule has 0 bridgehead atoms. The first-order valence-corrected chi connectivity index (χ1v) is 17.4. The number of nitrogens with zero attached hydrogens (tertiary/aromatic N) is 5. The van der Waals surface area contributed by atoms with E-state index in [2.05, 4.69) is 9.89 Å². The van der Waals surface area contributed by atoms with Gasteiger partial charge < -0.3 is 19.1 Å². The summed E-state index contributed by atoms with van der Waals surface area (Å²) in [5.74, 6) is -0.717. The number of amidine groups is 1. The van der Waals surface area contributed by atoms with Gasteiger partial charge in [-0.25, -0.2) is 14.2 Å². The SMILES string of the molecule is CP(C)(=O)CN1CCCCN1C1=NC(=O)/C(=C/c2cc(F)ccc2OC(=O)N2CCC(N3CCCC3)CC2)S1. The first-order chi connectivity index (χ1) is 18.7. The molecular formula is C27H37FN5O4PS. The Morgan fingerprint density at radius 1 is 1.10 bits per heavy atom. The van der Waals surface area contributed by atoms with E-state index in [9.17, 15) is 18.5 Å². The molecule has 39 heavy (non-hydrogen) atoms. The summed E-state index contributed by atoms with van der Waals surface area (Å²) in [7, 11) is -2.32. The molecule has 0 aliphatic carbocycles. The van der Waals surface area contributed by atoms with Gasteiger partial charge >= 0.3 is 6.09 Å². The second kappa shape index (κ2) is 12.1. The number of ether oxygens (including phenoxy) is 1. The number of rotatable bonds is 5. The van der Waals surface area contributed by atoms with Gasteiger partial charge in [0.05, 0.1) is 18.3 Å². The summed E-state index contributed by atoms with van der Waals surface area (Å²) in [5.41, 5.74) is 0.310. The van der Waals surface area contributed by atoms with Gasteiger partial charge in [0.25, 0.3) is 5.91 Å². The van der Waals surface area contributed by atoms with E-state index in [1.165, 1.54) is 48.9 Å². The molecule has 0 unspecified atom stereocenters.